The molecule has 1 spiro atoms. The third-order valence-corrected chi connectivity index (χ3v) is 13.1. The number of imidazole rings is 2. The van der Waals surface area contributed by atoms with Crippen molar-refractivity contribution in [1.29, 1.82) is 0 Å². The number of pyridine rings is 4. The summed E-state index contributed by atoms with van der Waals surface area (Å²) < 4.78 is 10.2. The average molecular weight is 677 g/mol. The molecule has 0 aliphatic carbocycles. The lowest BCUT2D eigenvalue weighted by Gasteiger charge is -2.18. The number of aromatic nitrogens is 8. The van der Waals surface area contributed by atoms with Crippen molar-refractivity contribution in [2.24, 2.45) is 0 Å². The highest BCUT2D eigenvalue weighted by Crippen LogP contribution is 2.72. The zero-order chi connectivity index (χ0) is 29.6. The van der Waals surface area contributed by atoms with Gasteiger partial charge in [0.2, 0.25) is 0 Å². The van der Waals surface area contributed by atoms with Crippen LogP contribution in [-0.4, -0.2) is 40.3 Å². The van der Waals surface area contributed by atoms with Crippen molar-refractivity contribution in [3.05, 3.63) is 108 Å². The van der Waals surface area contributed by atoms with Crippen LogP contribution in [0, 0.1) is 9.54 Å². The van der Waals surface area contributed by atoms with Crippen LogP contribution in [0.4, 0.5) is 0 Å². The molecule has 6 aromatic rings. The van der Waals surface area contributed by atoms with Gasteiger partial charge in [-0.05, 0) is 73.0 Å². The van der Waals surface area contributed by atoms with E-state index in [0.29, 0.717) is 11.6 Å². The number of hydrogen-bond donors (Lipinski definition) is 0. The quantitative estimate of drug-likeness (QED) is 0.103. The van der Waals surface area contributed by atoms with E-state index in [9.17, 15) is 0 Å². The summed E-state index contributed by atoms with van der Waals surface area (Å²) >= 11 is 19.0. The monoisotopic (exact) mass is 676 g/mol. The highest BCUT2D eigenvalue weighted by molar-refractivity contribution is 8.31. The fourth-order valence-corrected chi connectivity index (χ4v) is 12.2. The summed E-state index contributed by atoms with van der Waals surface area (Å²) in [5.41, 5.74) is 3.65. The predicted octanol–water partition coefficient (Wildman–Crippen LogP) is 8.49. The Bertz CT molecular complexity index is 1750. The molecule has 214 valence electrons. The van der Waals surface area contributed by atoms with E-state index < -0.39 is 0 Å². The fraction of sp³-hybridized carbons (Fsp3) is 0.0714. The van der Waals surface area contributed by atoms with Gasteiger partial charge >= 0.3 is 0 Å². The summed E-state index contributed by atoms with van der Waals surface area (Å²) in [5, 5.41) is 4.17. The Hall–Kier alpha value is -3.18. The van der Waals surface area contributed by atoms with E-state index in [-0.39, 0.29) is 0 Å². The lowest BCUT2D eigenvalue weighted by Crippen LogP contribution is -2.12. The minimum Gasteiger partial charge on any atom is -0.272 e. The van der Waals surface area contributed by atoms with Gasteiger partial charge in [0.15, 0.2) is 77.4 Å². The minimum atomic E-state index is 0.502. The third-order valence-electron chi connectivity index (χ3n) is 6.35. The average Bonchev–Trinajstić information content (AvgIpc) is 3.74. The Kier molecular flexibility index (Phi) is 7.79. The second kappa shape index (κ2) is 11.7. The van der Waals surface area contributed by atoms with E-state index in [4.69, 9.17) is 24.4 Å². The third kappa shape index (κ3) is 4.79. The summed E-state index contributed by atoms with van der Waals surface area (Å²) in [6.07, 6.45) is 14.4. The molecule has 0 amide bonds. The van der Waals surface area contributed by atoms with Crippen molar-refractivity contribution in [3.8, 4) is 22.7 Å². The van der Waals surface area contributed by atoms with Crippen LogP contribution in [-0.2, 0) is 0 Å². The van der Waals surface area contributed by atoms with Crippen molar-refractivity contribution >= 4 is 72.2 Å². The van der Waals surface area contributed by atoms with Crippen LogP contribution in [0.15, 0.2) is 118 Å². The van der Waals surface area contributed by atoms with Gasteiger partial charge in [-0.1, -0.05) is 16.0 Å². The van der Waals surface area contributed by atoms with Gasteiger partial charge in [0, 0.05) is 24.8 Å². The summed E-state index contributed by atoms with van der Waals surface area (Å²) in [5.74, 6) is 0. The van der Waals surface area contributed by atoms with Crippen molar-refractivity contribution in [2.45, 2.75) is 34.0 Å². The molecule has 2 aliphatic heterocycles. The molecule has 0 atom stereocenters. The maximum atomic E-state index is 6.05. The summed E-state index contributed by atoms with van der Waals surface area (Å²) in [6.45, 7) is 4.00. The van der Waals surface area contributed by atoms with Crippen molar-refractivity contribution in [3.63, 3.8) is 0 Å². The van der Waals surface area contributed by atoms with Crippen LogP contribution in [0.5, 0.6) is 0 Å². The molecule has 15 heteroatoms. The van der Waals surface area contributed by atoms with Crippen LogP contribution in [0.2, 0.25) is 0 Å². The Morgan fingerprint density at radius 1 is 0.488 bits per heavy atom. The number of quaternary nitrogens is 1. The number of hydrogen-bond acceptors (Lipinski definition) is 10. The van der Waals surface area contributed by atoms with Crippen molar-refractivity contribution < 1.29 is 2.10 Å². The van der Waals surface area contributed by atoms with E-state index in [1.54, 1.807) is 72.6 Å². The van der Waals surface area contributed by atoms with Crippen LogP contribution in [0.25, 0.3) is 22.7 Å². The second-order valence-electron chi connectivity index (χ2n) is 8.78. The first-order chi connectivity index (χ1) is 21.1. The van der Waals surface area contributed by atoms with Gasteiger partial charge < -0.3 is 0 Å². The van der Waals surface area contributed by atoms with Gasteiger partial charge in [0.25, 0.3) is 0 Å². The van der Waals surface area contributed by atoms with Gasteiger partial charge in [-0.25, -0.2) is 0 Å². The molecule has 6 aromatic heterocycles. The van der Waals surface area contributed by atoms with Gasteiger partial charge in [0.1, 0.15) is 0 Å². The molecular formula is C28H22N9S6+. The lowest BCUT2D eigenvalue weighted by atomic mass is 10.4. The first-order valence-corrected chi connectivity index (χ1v) is 17.1. The zero-order valence-electron chi connectivity index (χ0n) is 22.7. The maximum Gasteiger partial charge on any atom is 0.191 e. The van der Waals surface area contributed by atoms with E-state index in [1.165, 1.54) is 0 Å². The predicted molar refractivity (Wildman–Crippen MR) is 178 cm³/mol. The number of nitrogens with zero attached hydrogens (tertiary/aromatic N) is 9. The highest BCUT2D eigenvalue weighted by atomic mass is 32.3. The van der Waals surface area contributed by atoms with Crippen molar-refractivity contribution in [1.82, 2.24) is 38.2 Å². The largest absolute Gasteiger partial charge is 0.272 e. The molecule has 0 radical (unpaired) electrons. The Morgan fingerprint density at radius 3 is 0.953 bits per heavy atom. The number of fused-ring (bicyclic) bond motifs is 2. The van der Waals surface area contributed by atoms with Crippen LogP contribution >= 0.6 is 72.2 Å². The molecule has 0 unspecified atom stereocenters. The zero-order valence-corrected chi connectivity index (χ0v) is 27.6. The molecular weight excluding hydrogens is 655 g/mol. The van der Waals surface area contributed by atoms with Crippen LogP contribution in [0.3, 0.4) is 0 Å². The first-order valence-electron chi connectivity index (χ1n) is 13.2. The SMILES string of the molecule is CC.S=c1n(-c2cccnc2)c2c(n1-c1cccnc1)S[N+]1(S2)Sc2c(n(-c3cccnc3)c(=S)n2-c2cccnc2)S1. The van der Waals surface area contributed by atoms with E-state index in [0.717, 1.165) is 42.9 Å². The normalized spacial score (nSPS) is 14.3. The highest BCUT2D eigenvalue weighted by Gasteiger charge is 2.57. The van der Waals surface area contributed by atoms with E-state index >= 15 is 0 Å². The van der Waals surface area contributed by atoms with Gasteiger partial charge in [-0.3, -0.25) is 38.2 Å². The summed E-state index contributed by atoms with van der Waals surface area (Å²) in [4.78, 5) is 17.5. The molecule has 0 bridgehead atoms. The van der Waals surface area contributed by atoms with E-state index in [1.807, 2.05) is 87.2 Å². The standard InChI is InChI=1S/C26H16N9S6.C2H6/c36-25-31(17-5-1-9-27-13-17)21-22(32(25)18-6-2-10-28-14-18)39-35(38-21)40-23-24(41-35)34(20-8-4-12-30-16-20)26(37)33(23)19-7-3-11-29-15-19;1-2/h1-16H;1-2H3/q+1;. The fourth-order valence-electron chi connectivity index (χ4n) is 4.64. The molecule has 43 heavy (non-hydrogen) atoms. The molecule has 8 rings (SSSR count). The maximum absolute atomic E-state index is 6.05. The topological polar surface area (TPSA) is 71.3 Å². The second-order valence-corrected chi connectivity index (χ2v) is 15.4. The molecule has 0 saturated heterocycles. The lowest BCUT2D eigenvalue weighted by molar-refractivity contribution is -0.268. The Morgan fingerprint density at radius 2 is 0.744 bits per heavy atom. The Labute approximate surface area is 275 Å². The van der Waals surface area contributed by atoms with Gasteiger partial charge in [-0.2, -0.15) is 0 Å². The Balaban J connectivity index is 0.00000147. The summed E-state index contributed by atoms with van der Waals surface area (Å²) in [7, 11) is 0. The smallest absolute Gasteiger partial charge is 0.191 e. The molecule has 2 aliphatic rings. The van der Waals surface area contributed by atoms with Crippen molar-refractivity contribution in [2.75, 3.05) is 0 Å². The molecule has 0 aromatic carbocycles. The molecule has 0 saturated carbocycles. The molecule has 0 N–H and O–H groups in total. The van der Waals surface area contributed by atoms with Crippen LogP contribution in [0.1, 0.15) is 13.8 Å². The van der Waals surface area contributed by atoms with Gasteiger partial charge in [0.05, 0.1) is 47.5 Å². The first kappa shape index (κ1) is 28.6. The summed E-state index contributed by atoms with van der Waals surface area (Å²) in [6, 6.07) is 15.8. The molecule has 0 fully saturated rings. The van der Waals surface area contributed by atoms with Crippen LogP contribution < -0.4 is 0 Å². The molecule has 9 nitrogen and oxygen atoms in total. The molecule has 8 heterocycles. The van der Waals surface area contributed by atoms with E-state index in [2.05, 4.69) is 38.2 Å². The van der Waals surface area contributed by atoms with Gasteiger partial charge in [-0.15, -0.1) is 0 Å². The minimum absolute atomic E-state index is 0.502. The number of rotatable bonds is 4.